The summed E-state index contributed by atoms with van der Waals surface area (Å²) in [5, 5.41) is 10.7. The molecule has 2 rings (SSSR count). The zero-order chi connectivity index (χ0) is 13.1. The van der Waals surface area contributed by atoms with Gasteiger partial charge in [-0.25, -0.2) is 0 Å². The normalized spacial score (nSPS) is 15.3. The number of hydrogen-bond donors (Lipinski definition) is 1. The van der Waals surface area contributed by atoms with E-state index in [1.807, 2.05) is 11.4 Å². The molecule has 98 valence electrons. The van der Waals surface area contributed by atoms with Gasteiger partial charge in [0.05, 0.1) is 11.4 Å². The van der Waals surface area contributed by atoms with E-state index in [-0.39, 0.29) is 30.9 Å². The molecule has 1 fully saturated rings. The zero-order valence-electron chi connectivity index (χ0n) is 10.2. The topological polar surface area (TPSA) is 60.9 Å². The predicted molar refractivity (Wildman–Crippen MR) is 68.4 cm³/mol. The number of aliphatic hydroxyl groups is 1. The number of likely N-dealkylation sites (tertiary alicyclic amines) is 1. The van der Waals surface area contributed by atoms with Crippen molar-refractivity contribution in [3.63, 3.8) is 0 Å². The number of hydrogen-bond acceptors (Lipinski definition) is 4. The zero-order valence-corrected chi connectivity index (χ0v) is 11.0. The van der Waals surface area contributed by atoms with E-state index in [1.54, 1.807) is 18.0 Å². The number of nitrogens with zero attached hydrogens (tertiary/aromatic N) is 2. The van der Waals surface area contributed by atoms with Gasteiger partial charge in [0.2, 0.25) is 5.91 Å². The second kappa shape index (κ2) is 5.49. The summed E-state index contributed by atoms with van der Waals surface area (Å²) in [7, 11) is 1.63. The van der Waals surface area contributed by atoms with E-state index in [9.17, 15) is 9.59 Å². The standard InChI is InChI=1S/C12H16N2O3S/c1-13(12(17)10-3-2-4-18-10)7-11(16)14-5-9(6-14)8-15/h2-4,9,15H,5-8H2,1H3. The first-order valence-corrected chi connectivity index (χ1v) is 6.67. The van der Waals surface area contributed by atoms with Crippen LogP contribution in [-0.4, -0.2) is 60.0 Å². The quantitative estimate of drug-likeness (QED) is 0.852. The first-order chi connectivity index (χ1) is 8.61. The fourth-order valence-corrected chi connectivity index (χ4v) is 2.57. The molecule has 6 heteroatoms. The Morgan fingerprint density at radius 2 is 2.28 bits per heavy atom. The molecule has 0 aliphatic carbocycles. The Labute approximate surface area is 110 Å². The molecule has 0 bridgehead atoms. The third-order valence-corrected chi connectivity index (χ3v) is 3.88. The second-order valence-corrected chi connectivity index (χ2v) is 5.43. The summed E-state index contributed by atoms with van der Waals surface area (Å²) in [6.45, 7) is 1.40. The molecule has 18 heavy (non-hydrogen) atoms. The number of likely N-dealkylation sites (N-methyl/N-ethyl adjacent to an activating group) is 1. The highest BCUT2D eigenvalue weighted by Crippen LogP contribution is 2.16. The van der Waals surface area contributed by atoms with E-state index in [0.717, 1.165) is 0 Å². The molecule has 0 unspecified atom stereocenters. The van der Waals surface area contributed by atoms with Crippen molar-refractivity contribution in [2.45, 2.75) is 0 Å². The number of carbonyl (C=O) groups excluding carboxylic acids is 2. The average Bonchev–Trinajstić information content (AvgIpc) is 2.79. The van der Waals surface area contributed by atoms with Crippen molar-refractivity contribution in [3.05, 3.63) is 22.4 Å². The van der Waals surface area contributed by atoms with Crippen LogP contribution in [0.25, 0.3) is 0 Å². The van der Waals surface area contributed by atoms with Gasteiger partial charge in [0.25, 0.3) is 5.91 Å². The van der Waals surface area contributed by atoms with Gasteiger partial charge in [-0.2, -0.15) is 0 Å². The summed E-state index contributed by atoms with van der Waals surface area (Å²) in [5.41, 5.74) is 0. The van der Waals surface area contributed by atoms with Crippen LogP contribution in [-0.2, 0) is 4.79 Å². The van der Waals surface area contributed by atoms with Crippen LogP contribution in [0.4, 0.5) is 0 Å². The van der Waals surface area contributed by atoms with Crippen molar-refractivity contribution in [2.24, 2.45) is 5.92 Å². The van der Waals surface area contributed by atoms with E-state index in [4.69, 9.17) is 5.11 Å². The number of aliphatic hydroxyl groups excluding tert-OH is 1. The van der Waals surface area contributed by atoms with Crippen LogP contribution in [0.3, 0.4) is 0 Å². The Morgan fingerprint density at radius 1 is 1.56 bits per heavy atom. The van der Waals surface area contributed by atoms with E-state index in [0.29, 0.717) is 18.0 Å². The molecule has 0 radical (unpaired) electrons. The molecule has 0 saturated carbocycles. The summed E-state index contributed by atoms with van der Waals surface area (Å²) < 4.78 is 0. The highest BCUT2D eigenvalue weighted by atomic mass is 32.1. The summed E-state index contributed by atoms with van der Waals surface area (Å²) in [6, 6.07) is 3.56. The Kier molecular flexibility index (Phi) is 3.98. The highest BCUT2D eigenvalue weighted by Gasteiger charge is 2.30. The van der Waals surface area contributed by atoms with Gasteiger partial charge in [-0.1, -0.05) is 6.07 Å². The van der Waals surface area contributed by atoms with Gasteiger partial charge in [-0.15, -0.1) is 11.3 Å². The molecule has 1 N–H and O–H groups in total. The molecule has 2 heterocycles. The Morgan fingerprint density at radius 3 is 2.83 bits per heavy atom. The molecule has 1 aliphatic rings. The highest BCUT2D eigenvalue weighted by molar-refractivity contribution is 7.12. The minimum Gasteiger partial charge on any atom is -0.396 e. The number of thiophene rings is 1. The third kappa shape index (κ3) is 2.70. The van der Waals surface area contributed by atoms with Gasteiger partial charge in [-0.05, 0) is 11.4 Å². The van der Waals surface area contributed by atoms with Crippen LogP contribution in [0.1, 0.15) is 9.67 Å². The molecule has 1 saturated heterocycles. The fourth-order valence-electron chi connectivity index (χ4n) is 1.85. The molecular formula is C12H16N2O3S. The minimum atomic E-state index is -0.127. The number of rotatable bonds is 4. The van der Waals surface area contributed by atoms with Crippen molar-refractivity contribution < 1.29 is 14.7 Å². The summed E-state index contributed by atoms with van der Waals surface area (Å²) in [5.74, 6) is 0.0111. The molecule has 5 nitrogen and oxygen atoms in total. The van der Waals surface area contributed by atoms with Gasteiger partial charge >= 0.3 is 0 Å². The summed E-state index contributed by atoms with van der Waals surface area (Å²) >= 11 is 1.37. The van der Waals surface area contributed by atoms with Gasteiger partial charge in [-0.3, -0.25) is 9.59 Å². The second-order valence-electron chi connectivity index (χ2n) is 4.49. The largest absolute Gasteiger partial charge is 0.396 e. The van der Waals surface area contributed by atoms with E-state index in [1.165, 1.54) is 16.2 Å². The van der Waals surface area contributed by atoms with Gasteiger partial charge in [0.15, 0.2) is 0 Å². The molecule has 0 aromatic carbocycles. The smallest absolute Gasteiger partial charge is 0.264 e. The Balaban J connectivity index is 1.83. The molecule has 1 aliphatic heterocycles. The lowest BCUT2D eigenvalue weighted by atomic mass is 10.0. The number of amides is 2. The maximum absolute atomic E-state index is 11.9. The first kappa shape index (κ1) is 13.0. The molecule has 1 aromatic rings. The Hall–Kier alpha value is -1.40. The Bertz CT molecular complexity index is 427. The van der Waals surface area contributed by atoms with Crippen LogP contribution < -0.4 is 0 Å². The average molecular weight is 268 g/mol. The van der Waals surface area contributed by atoms with Crippen molar-refractivity contribution in [2.75, 3.05) is 33.3 Å². The molecule has 2 amide bonds. The van der Waals surface area contributed by atoms with E-state index < -0.39 is 0 Å². The van der Waals surface area contributed by atoms with Gasteiger partial charge in [0, 0.05) is 32.7 Å². The first-order valence-electron chi connectivity index (χ1n) is 5.79. The lowest BCUT2D eigenvalue weighted by molar-refractivity contribution is -0.138. The van der Waals surface area contributed by atoms with Crippen molar-refractivity contribution in [1.82, 2.24) is 9.80 Å². The lowest BCUT2D eigenvalue weighted by Gasteiger charge is -2.39. The van der Waals surface area contributed by atoms with Crippen LogP contribution >= 0.6 is 11.3 Å². The minimum absolute atomic E-state index is 0.0629. The lowest BCUT2D eigenvalue weighted by Crippen LogP contribution is -2.54. The summed E-state index contributed by atoms with van der Waals surface area (Å²) in [4.78, 5) is 27.5. The molecule has 1 aromatic heterocycles. The van der Waals surface area contributed by atoms with Crippen LogP contribution in [0.15, 0.2) is 17.5 Å². The van der Waals surface area contributed by atoms with E-state index in [2.05, 4.69) is 0 Å². The number of carbonyl (C=O) groups is 2. The predicted octanol–water partition coefficient (Wildman–Crippen LogP) is 0.271. The monoisotopic (exact) mass is 268 g/mol. The molecule has 0 spiro atoms. The van der Waals surface area contributed by atoms with Gasteiger partial charge < -0.3 is 14.9 Å². The molecule has 0 atom stereocenters. The maximum atomic E-state index is 11.9. The fraction of sp³-hybridized carbons (Fsp3) is 0.500. The third-order valence-electron chi connectivity index (χ3n) is 3.02. The molecular weight excluding hydrogens is 252 g/mol. The van der Waals surface area contributed by atoms with Crippen LogP contribution in [0.5, 0.6) is 0 Å². The van der Waals surface area contributed by atoms with Gasteiger partial charge in [0.1, 0.15) is 0 Å². The van der Waals surface area contributed by atoms with E-state index >= 15 is 0 Å². The van der Waals surface area contributed by atoms with Crippen LogP contribution in [0.2, 0.25) is 0 Å². The van der Waals surface area contributed by atoms with Crippen molar-refractivity contribution >= 4 is 23.2 Å². The van der Waals surface area contributed by atoms with Crippen LogP contribution in [0, 0.1) is 5.92 Å². The maximum Gasteiger partial charge on any atom is 0.264 e. The van der Waals surface area contributed by atoms with Crippen molar-refractivity contribution in [1.29, 1.82) is 0 Å². The SMILES string of the molecule is CN(CC(=O)N1CC(CO)C1)C(=O)c1cccs1. The summed E-state index contributed by atoms with van der Waals surface area (Å²) in [6.07, 6.45) is 0. The van der Waals surface area contributed by atoms with Crippen molar-refractivity contribution in [3.8, 4) is 0 Å².